The molecule has 0 aliphatic rings. The van der Waals surface area contributed by atoms with Crippen LogP contribution in [0.5, 0.6) is 0 Å². The molecule has 0 aliphatic carbocycles. The normalized spacial score (nSPS) is 14.2. The highest BCUT2D eigenvalue weighted by molar-refractivity contribution is 5.87. The fourth-order valence-corrected chi connectivity index (χ4v) is 0.722. The van der Waals surface area contributed by atoms with E-state index in [0.717, 1.165) is 0 Å². The summed E-state index contributed by atoms with van der Waals surface area (Å²) in [5.41, 5.74) is -0.619. The third-order valence-corrected chi connectivity index (χ3v) is 1.43. The summed E-state index contributed by atoms with van der Waals surface area (Å²) in [6.07, 6.45) is 0. The van der Waals surface area contributed by atoms with Crippen molar-refractivity contribution in [2.45, 2.75) is 33.7 Å². The second-order valence-corrected chi connectivity index (χ2v) is 3.58. The first-order valence-corrected chi connectivity index (χ1v) is 3.44. The maximum atomic E-state index is 11.2. The van der Waals surface area contributed by atoms with Crippen LogP contribution in [0, 0.1) is 15.5 Å². The molecular weight excluding hydrogens is 146 g/mol. The van der Waals surface area contributed by atoms with Crippen LogP contribution in [0.1, 0.15) is 27.7 Å². The molecule has 1 unspecified atom stereocenters. The van der Waals surface area contributed by atoms with E-state index in [2.05, 4.69) is 0 Å². The van der Waals surface area contributed by atoms with E-state index >= 15 is 0 Å². The van der Waals surface area contributed by atoms with Crippen molar-refractivity contribution in [2.75, 3.05) is 0 Å². The van der Waals surface area contributed by atoms with E-state index in [4.69, 9.17) is 0 Å². The largest absolute Gasteiger partial charge is 0.291 e. The molecular formula is C7H13NO3. The molecule has 0 bridgehead atoms. The topological polar surface area (TPSA) is 60.2 Å². The van der Waals surface area contributed by atoms with Crippen LogP contribution in [-0.2, 0) is 4.79 Å². The van der Waals surface area contributed by atoms with E-state index in [1.807, 2.05) is 0 Å². The summed E-state index contributed by atoms with van der Waals surface area (Å²) >= 11 is 0. The number of hydrogen-bond donors (Lipinski definition) is 0. The third kappa shape index (κ3) is 2.65. The van der Waals surface area contributed by atoms with E-state index in [1.54, 1.807) is 20.8 Å². The molecule has 1 atom stereocenters. The fourth-order valence-electron chi connectivity index (χ4n) is 0.722. The molecule has 0 amide bonds. The molecule has 0 aliphatic heterocycles. The molecule has 0 radical (unpaired) electrons. The highest BCUT2D eigenvalue weighted by Crippen LogP contribution is 2.17. The van der Waals surface area contributed by atoms with Gasteiger partial charge in [-0.3, -0.25) is 14.9 Å². The third-order valence-electron chi connectivity index (χ3n) is 1.43. The molecule has 0 saturated heterocycles. The van der Waals surface area contributed by atoms with Gasteiger partial charge in [-0.25, -0.2) is 0 Å². The molecule has 0 spiro atoms. The summed E-state index contributed by atoms with van der Waals surface area (Å²) in [7, 11) is 0. The van der Waals surface area contributed by atoms with Crippen LogP contribution in [0.2, 0.25) is 0 Å². The molecule has 4 nitrogen and oxygen atoms in total. The van der Waals surface area contributed by atoms with Crippen molar-refractivity contribution in [3.63, 3.8) is 0 Å². The maximum absolute atomic E-state index is 11.2. The van der Waals surface area contributed by atoms with Crippen molar-refractivity contribution >= 4 is 5.78 Å². The van der Waals surface area contributed by atoms with Gasteiger partial charge in [-0.1, -0.05) is 20.8 Å². The Labute approximate surface area is 65.7 Å². The number of hydrogen-bond acceptors (Lipinski definition) is 3. The number of carbonyl (C=O) groups excluding carboxylic acids is 1. The highest BCUT2D eigenvalue weighted by Gasteiger charge is 2.33. The SMILES string of the molecule is CC(C(=O)C(C)(C)C)[N+](=O)[O-]. The van der Waals surface area contributed by atoms with Crippen LogP contribution in [0.3, 0.4) is 0 Å². The predicted molar refractivity (Wildman–Crippen MR) is 40.9 cm³/mol. The Kier molecular flexibility index (Phi) is 2.73. The summed E-state index contributed by atoms with van der Waals surface area (Å²) in [6, 6.07) is -1.09. The van der Waals surface area contributed by atoms with E-state index in [1.165, 1.54) is 6.92 Å². The van der Waals surface area contributed by atoms with Crippen LogP contribution >= 0.6 is 0 Å². The van der Waals surface area contributed by atoms with E-state index < -0.39 is 16.4 Å². The number of carbonyl (C=O) groups is 1. The standard InChI is InChI=1S/C7H13NO3/c1-5(8(10)11)6(9)7(2,3)4/h5H,1-4H3. The zero-order valence-electron chi connectivity index (χ0n) is 7.25. The molecule has 11 heavy (non-hydrogen) atoms. The van der Waals surface area contributed by atoms with Crippen molar-refractivity contribution < 1.29 is 9.72 Å². The van der Waals surface area contributed by atoms with Gasteiger partial charge >= 0.3 is 0 Å². The Balaban J connectivity index is 4.39. The highest BCUT2D eigenvalue weighted by atomic mass is 16.6. The Hall–Kier alpha value is -0.930. The predicted octanol–water partition coefficient (Wildman–Crippen LogP) is 1.27. The second-order valence-electron chi connectivity index (χ2n) is 3.58. The monoisotopic (exact) mass is 159 g/mol. The lowest BCUT2D eigenvalue weighted by Crippen LogP contribution is -2.35. The molecule has 0 aromatic rings. The Morgan fingerprint density at radius 1 is 1.45 bits per heavy atom. The van der Waals surface area contributed by atoms with Gasteiger partial charge in [0.05, 0.1) is 0 Å². The molecule has 0 aromatic carbocycles. The molecule has 0 fully saturated rings. The zero-order chi connectivity index (χ0) is 9.23. The van der Waals surface area contributed by atoms with Crippen LogP contribution < -0.4 is 0 Å². The molecule has 64 valence electrons. The first kappa shape index (κ1) is 10.1. The van der Waals surface area contributed by atoms with Crippen molar-refractivity contribution in [1.29, 1.82) is 0 Å². The molecule has 0 saturated carbocycles. The quantitative estimate of drug-likeness (QED) is 0.450. The zero-order valence-corrected chi connectivity index (χ0v) is 7.25. The number of rotatable bonds is 2. The van der Waals surface area contributed by atoms with Gasteiger partial charge in [0.25, 0.3) is 6.04 Å². The van der Waals surface area contributed by atoms with Crippen molar-refractivity contribution in [1.82, 2.24) is 0 Å². The second kappa shape index (κ2) is 2.98. The van der Waals surface area contributed by atoms with Gasteiger partial charge in [0.2, 0.25) is 5.78 Å². The molecule has 0 aromatic heterocycles. The van der Waals surface area contributed by atoms with Gasteiger partial charge in [-0.05, 0) is 0 Å². The van der Waals surface area contributed by atoms with Gasteiger partial charge in [-0.15, -0.1) is 0 Å². The molecule has 4 heteroatoms. The minimum Gasteiger partial charge on any atom is -0.291 e. The Morgan fingerprint density at radius 2 is 1.82 bits per heavy atom. The Bertz CT molecular complexity index is 181. The van der Waals surface area contributed by atoms with Gasteiger partial charge in [0, 0.05) is 17.3 Å². The Morgan fingerprint density at radius 3 is 1.91 bits per heavy atom. The minimum atomic E-state index is -1.09. The fraction of sp³-hybridized carbons (Fsp3) is 0.857. The summed E-state index contributed by atoms with van der Waals surface area (Å²) in [5.74, 6) is -0.331. The summed E-state index contributed by atoms with van der Waals surface area (Å²) < 4.78 is 0. The van der Waals surface area contributed by atoms with Crippen LogP contribution in [-0.4, -0.2) is 16.7 Å². The number of nitro groups is 1. The van der Waals surface area contributed by atoms with Gasteiger partial charge < -0.3 is 0 Å². The van der Waals surface area contributed by atoms with E-state index in [-0.39, 0.29) is 5.78 Å². The first-order valence-electron chi connectivity index (χ1n) is 3.44. The van der Waals surface area contributed by atoms with Gasteiger partial charge in [0.1, 0.15) is 0 Å². The summed E-state index contributed by atoms with van der Waals surface area (Å²) in [5, 5.41) is 10.2. The van der Waals surface area contributed by atoms with E-state index in [9.17, 15) is 14.9 Å². The van der Waals surface area contributed by atoms with Crippen LogP contribution in [0.4, 0.5) is 0 Å². The van der Waals surface area contributed by atoms with Crippen LogP contribution in [0.15, 0.2) is 0 Å². The lowest BCUT2D eigenvalue weighted by atomic mass is 9.87. The maximum Gasteiger partial charge on any atom is 0.268 e. The number of Topliss-reactive ketones (excluding diaryl/α,β-unsaturated/α-hetero) is 1. The van der Waals surface area contributed by atoms with E-state index in [0.29, 0.717) is 0 Å². The lowest BCUT2D eigenvalue weighted by Gasteiger charge is -2.16. The number of ketones is 1. The number of nitrogens with zero attached hydrogens (tertiary/aromatic N) is 1. The van der Waals surface area contributed by atoms with Crippen molar-refractivity contribution in [2.24, 2.45) is 5.41 Å². The smallest absolute Gasteiger partial charge is 0.268 e. The van der Waals surface area contributed by atoms with Gasteiger partial charge in [-0.2, -0.15) is 0 Å². The van der Waals surface area contributed by atoms with Crippen molar-refractivity contribution in [3.8, 4) is 0 Å². The molecule has 0 N–H and O–H groups in total. The summed E-state index contributed by atoms with van der Waals surface area (Å²) in [6.45, 7) is 6.34. The average Bonchev–Trinajstić information content (AvgIpc) is 1.82. The lowest BCUT2D eigenvalue weighted by molar-refractivity contribution is -0.504. The molecule has 0 rings (SSSR count). The van der Waals surface area contributed by atoms with Crippen LogP contribution in [0.25, 0.3) is 0 Å². The first-order chi connectivity index (χ1) is 4.76. The summed E-state index contributed by atoms with van der Waals surface area (Å²) in [4.78, 5) is 20.8. The minimum absolute atomic E-state index is 0.331. The van der Waals surface area contributed by atoms with Crippen molar-refractivity contribution in [3.05, 3.63) is 10.1 Å². The molecule has 0 heterocycles. The average molecular weight is 159 g/mol. The van der Waals surface area contributed by atoms with Gasteiger partial charge in [0.15, 0.2) is 0 Å².